The maximum Gasteiger partial charge on any atom is 0.309 e. The number of hydrogen-bond donors (Lipinski definition) is 2. The van der Waals surface area contributed by atoms with Gasteiger partial charge in [-0.15, -0.1) is 0 Å². The van der Waals surface area contributed by atoms with E-state index in [1.54, 1.807) is 0 Å². The fraction of sp³-hybridized carbons (Fsp3) is 0.286. The molecule has 20 heavy (non-hydrogen) atoms. The zero-order chi connectivity index (χ0) is 14.5. The van der Waals surface area contributed by atoms with Gasteiger partial charge in [0.1, 0.15) is 0 Å². The first-order valence-corrected chi connectivity index (χ1v) is 6.34. The van der Waals surface area contributed by atoms with Crippen LogP contribution in [-0.4, -0.2) is 20.9 Å². The molecular weight excluding hydrogens is 256 g/mol. The van der Waals surface area contributed by atoms with Crippen LogP contribution in [0.3, 0.4) is 0 Å². The van der Waals surface area contributed by atoms with Crippen molar-refractivity contribution in [1.82, 2.24) is 19.8 Å². The molecule has 0 unspecified atom stereocenters. The number of aromatic nitrogens is 2. The molecule has 2 aromatic rings. The summed E-state index contributed by atoms with van der Waals surface area (Å²) < 4.78 is 3.78. The smallest absolute Gasteiger partial charge is 0.309 e. The van der Waals surface area contributed by atoms with Crippen molar-refractivity contribution in [3.05, 3.63) is 48.0 Å². The van der Waals surface area contributed by atoms with Crippen molar-refractivity contribution < 1.29 is 9.59 Å². The van der Waals surface area contributed by atoms with E-state index in [1.165, 1.54) is 0 Å². The summed E-state index contributed by atoms with van der Waals surface area (Å²) in [7, 11) is 3.77. The third-order valence-corrected chi connectivity index (χ3v) is 3.17. The van der Waals surface area contributed by atoms with Crippen molar-refractivity contribution >= 4 is 11.8 Å². The van der Waals surface area contributed by atoms with Gasteiger partial charge in [0.2, 0.25) is 0 Å². The van der Waals surface area contributed by atoms with Gasteiger partial charge in [-0.3, -0.25) is 9.59 Å². The first-order valence-electron chi connectivity index (χ1n) is 6.34. The normalized spacial score (nSPS) is 10.3. The Morgan fingerprint density at radius 3 is 1.60 bits per heavy atom. The molecule has 0 saturated heterocycles. The molecular formula is C14H18N4O2. The van der Waals surface area contributed by atoms with Crippen molar-refractivity contribution in [3.63, 3.8) is 0 Å². The minimum atomic E-state index is -0.625. The van der Waals surface area contributed by atoms with E-state index in [2.05, 4.69) is 10.6 Å². The van der Waals surface area contributed by atoms with E-state index in [4.69, 9.17) is 0 Å². The van der Waals surface area contributed by atoms with E-state index in [9.17, 15) is 9.59 Å². The molecule has 2 aromatic heterocycles. The molecule has 0 aliphatic carbocycles. The molecule has 0 aliphatic rings. The van der Waals surface area contributed by atoms with E-state index >= 15 is 0 Å². The van der Waals surface area contributed by atoms with Crippen LogP contribution in [0.2, 0.25) is 0 Å². The fourth-order valence-corrected chi connectivity index (χ4v) is 1.86. The minimum Gasteiger partial charge on any atom is -0.353 e. The Morgan fingerprint density at radius 2 is 1.30 bits per heavy atom. The molecule has 0 bridgehead atoms. The molecule has 2 heterocycles. The highest BCUT2D eigenvalue weighted by Crippen LogP contribution is 1.99. The van der Waals surface area contributed by atoms with Gasteiger partial charge in [-0.2, -0.15) is 0 Å². The second kappa shape index (κ2) is 6.10. The maximum atomic E-state index is 11.7. The van der Waals surface area contributed by atoms with Crippen LogP contribution in [0.15, 0.2) is 36.7 Å². The molecule has 6 heteroatoms. The van der Waals surface area contributed by atoms with Crippen LogP contribution in [0, 0.1) is 0 Å². The van der Waals surface area contributed by atoms with Crippen LogP contribution in [0.4, 0.5) is 0 Å². The van der Waals surface area contributed by atoms with Crippen molar-refractivity contribution in [2.45, 2.75) is 13.1 Å². The lowest BCUT2D eigenvalue weighted by Crippen LogP contribution is -2.39. The van der Waals surface area contributed by atoms with E-state index in [0.717, 1.165) is 11.4 Å². The fourth-order valence-electron chi connectivity index (χ4n) is 1.86. The summed E-state index contributed by atoms with van der Waals surface area (Å²) in [5.41, 5.74) is 1.88. The predicted octanol–water partition coefficient (Wildman–Crippen LogP) is 0.296. The molecule has 0 saturated carbocycles. The Kier molecular flexibility index (Phi) is 4.24. The number of carbonyl (C=O) groups is 2. The number of nitrogens with zero attached hydrogens (tertiary/aromatic N) is 2. The number of hydrogen-bond acceptors (Lipinski definition) is 2. The largest absolute Gasteiger partial charge is 0.353 e. The molecule has 0 atom stereocenters. The van der Waals surface area contributed by atoms with Crippen LogP contribution >= 0.6 is 0 Å². The van der Waals surface area contributed by atoms with Gasteiger partial charge in [-0.05, 0) is 24.3 Å². The minimum absolute atomic E-state index is 0.333. The quantitative estimate of drug-likeness (QED) is 0.787. The van der Waals surface area contributed by atoms with Crippen molar-refractivity contribution in [2.75, 3.05) is 0 Å². The maximum absolute atomic E-state index is 11.7. The van der Waals surface area contributed by atoms with Crippen LogP contribution in [0.25, 0.3) is 0 Å². The van der Waals surface area contributed by atoms with Crippen LogP contribution in [-0.2, 0) is 36.8 Å². The SMILES string of the molecule is Cn1cccc1CNC(=O)C(=O)NCc1cccn1C. The van der Waals surface area contributed by atoms with Gasteiger partial charge in [-0.25, -0.2) is 0 Å². The van der Waals surface area contributed by atoms with Gasteiger partial charge in [-0.1, -0.05) is 0 Å². The van der Waals surface area contributed by atoms with Crippen LogP contribution in [0.1, 0.15) is 11.4 Å². The average Bonchev–Trinajstić information content (AvgIpc) is 3.02. The predicted molar refractivity (Wildman–Crippen MR) is 74.5 cm³/mol. The summed E-state index contributed by atoms with van der Waals surface area (Å²) in [5, 5.41) is 5.18. The second-order valence-electron chi connectivity index (χ2n) is 4.59. The van der Waals surface area contributed by atoms with Gasteiger partial charge >= 0.3 is 11.8 Å². The molecule has 0 aromatic carbocycles. The third-order valence-electron chi connectivity index (χ3n) is 3.17. The van der Waals surface area contributed by atoms with Gasteiger partial charge in [0.25, 0.3) is 0 Å². The van der Waals surface area contributed by atoms with Crippen molar-refractivity contribution in [1.29, 1.82) is 0 Å². The van der Waals surface area contributed by atoms with E-state index in [-0.39, 0.29) is 0 Å². The molecule has 0 radical (unpaired) electrons. The van der Waals surface area contributed by atoms with Gasteiger partial charge < -0.3 is 19.8 Å². The van der Waals surface area contributed by atoms with Gasteiger partial charge in [0.15, 0.2) is 0 Å². The number of carbonyl (C=O) groups excluding carboxylic acids is 2. The lowest BCUT2D eigenvalue weighted by atomic mass is 10.4. The van der Waals surface area contributed by atoms with Gasteiger partial charge in [0.05, 0.1) is 13.1 Å². The Balaban J connectivity index is 1.79. The third kappa shape index (κ3) is 3.28. The Labute approximate surface area is 117 Å². The standard InChI is InChI=1S/C14H18N4O2/c1-17-7-3-5-11(17)9-15-13(19)14(20)16-10-12-6-4-8-18(12)2/h3-8H,9-10H2,1-2H3,(H,15,19)(H,16,20). The number of nitrogens with one attached hydrogen (secondary N) is 2. The van der Waals surface area contributed by atoms with E-state index in [1.807, 2.05) is 59.9 Å². The summed E-state index contributed by atoms with van der Waals surface area (Å²) in [6.45, 7) is 0.666. The molecule has 0 aliphatic heterocycles. The Morgan fingerprint density at radius 1 is 0.900 bits per heavy atom. The van der Waals surface area contributed by atoms with Crippen molar-refractivity contribution in [2.24, 2.45) is 14.1 Å². The molecule has 0 fully saturated rings. The first kappa shape index (κ1) is 13.9. The van der Waals surface area contributed by atoms with Crippen molar-refractivity contribution in [3.8, 4) is 0 Å². The number of rotatable bonds is 4. The molecule has 106 valence electrons. The molecule has 2 rings (SSSR count). The van der Waals surface area contributed by atoms with E-state index < -0.39 is 11.8 Å². The summed E-state index contributed by atoms with van der Waals surface area (Å²) in [6.07, 6.45) is 3.77. The summed E-state index contributed by atoms with van der Waals surface area (Å²) in [5.74, 6) is -1.25. The molecule has 2 N–H and O–H groups in total. The van der Waals surface area contributed by atoms with Crippen LogP contribution < -0.4 is 10.6 Å². The zero-order valence-electron chi connectivity index (χ0n) is 11.6. The molecule has 6 nitrogen and oxygen atoms in total. The lowest BCUT2D eigenvalue weighted by molar-refractivity contribution is -0.139. The number of aryl methyl sites for hydroxylation is 2. The highest BCUT2D eigenvalue weighted by atomic mass is 16.2. The van der Waals surface area contributed by atoms with E-state index in [0.29, 0.717) is 13.1 Å². The first-order chi connectivity index (χ1) is 9.58. The van der Waals surface area contributed by atoms with Gasteiger partial charge in [0, 0.05) is 37.9 Å². The Hall–Kier alpha value is -2.50. The molecule has 2 amide bonds. The number of amides is 2. The average molecular weight is 274 g/mol. The Bertz CT molecular complexity index is 558. The summed E-state index contributed by atoms with van der Waals surface area (Å²) >= 11 is 0. The highest BCUT2D eigenvalue weighted by Gasteiger charge is 2.13. The summed E-state index contributed by atoms with van der Waals surface area (Å²) in [4.78, 5) is 23.3. The summed E-state index contributed by atoms with van der Waals surface area (Å²) in [6, 6.07) is 7.55. The topological polar surface area (TPSA) is 68.1 Å². The van der Waals surface area contributed by atoms with Crippen LogP contribution in [0.5, 0.6) is 0 Å². The monoisotopic (exact) mass is 274 g/mol. The molecule has 0 spiro atoms. The second-order valence-corrected chi connectivity index (χ2v) is 4.59. The zero-order valence-corrected chi connectivity index (χ0v) is 11.6. The highest BCUT2D eigenvalue weighted by molar-refractivity contribution is 6.35. The lowest BCUT2D eigenvalue weighted by Gasteiger charge is -2.08.